The molecule has 1 heterocycles. The highest BCUT2D eigenvalue weighted by molar-refractivity contribution is 5.99. The highest BCUT2D eigenvalue weighted by atomic mass is 19.1. The van der Waals surface area contributed by atoms with Crippen molar-refractivity contribution in [2.24, 2.45) is 17.6 Å². The van der Waals surface area contributed by atoms with E-state index in [2.05, 4.69) is 13.8 Å². The van der Waals surface area contributed by atoms with E-state index >= 15 is 0 Å². The van der Waals surface area contributed by atoms with Crippen LogP contribution in [-0.2, 0) is 0 Å². The van der Waals surface area contributed by atoms with Crippen LogP contribution in [0.4, 0.5) is 15.8 Å². The van der Waals surface area contributed by atoms with Crippen molar-refractivity contribution in [3.63, 3.8) is 0 Å². The summed E-state index contributed by atoms with van der Waals surface area (Å²) in [6.45, 7) is 5.93. The Morgan fingerprint density at radius 3 is 2.68 bits per heavy atom. The van der Waals surface area contributed by atoms with Crippen LogP contribution in [0.5, 0.6) is 0 Å². The van der Waals surface area contributed by atoms with Gasteiger partial charge in [-0.25, -0.2) is 4.39 Å². The second-order valence-corrected chi connectivity index (χ2v) is 5.49. The lowest BCUT2D eigenvalue weighted by Gasteiger charge is -2.21. The number of amides is 1. The SMILES string of the molecule is CC(C)C1CCN(c2cc(C(N)=O)c(N)cc2F)C1. The molecule has 1 aromatic carbocycles. The van der Waals surface area contributed by atoms with Gasteiger partial charge < -0.3 is 16.4 Å². The summed E-state index contributed by atoms with van der Waals surface area (Å²) in [7, 11) is 0. The van der Waals surface area contributed by atoms with Crippen molar-refractivity contribution in [1.29, 1.82) is 0 Å². The largest absolute Gasteiger partial charge is 0.398 e. The van der Waals surface area contributed by atoms with Crippen molar-refractivity contribution in [3.05, 3.63) is 23.5 Å². The molecule has 1 saturated heterocycles. The van der Waals surface area contributed by atoms with E-state index in [4.69, 9.17) is 11.5 Å². The van der Waals surface area contributed by atoms with Crippen LogP contribution in [0, 0.1) is 17.7 Å². The number of halogens is 1. The molecule has 1 fully saturated rings. The van der Waals surface area contributed by atoms with Gasteiger partial charge in [0, 0.05) is 18.8 Å². The molecule has 0 saturated carbocycles. The number of anilines is 2. The van der Waals surface area contributed by atoms with E-state index in [1.54, 1.807) is 0 Å². The molecular weight excluding hydrogens is 245 g/mol. The molecule has 0 aliphatic carbocycles. The maximum atomic E-state index is 14.0. The summed E-state index contributed by atoms with van der Waals surface area (Å²) >= 11 is 0. The standard InChI is InChI=1S/C14H20FN3O/c1-8(2)9-3-4-18(7-9)13-5-10(14(17)19)12(16)6-11(13)15/h5-6,8-9H,3-4,7,16H2,1-2H3,(H2,17,19). The first kappa shape index (κ1) is 13.6. The highest BCUT2D eigenvalue weighted by Gasteiger charge is 2.27. The highest BCUT2D eigenvalue weighted by Crippen LogP contribution is 2.32. The summed E-state index contributed by atoms with van der Waals surface area (Å²) < 4.78 is 14.0. The molecule has 0 spiro atoms. The molecular formula is C14H20FN3O. The Kier molecular flexibility index (Phi) is 3.64. The number of hydrogen-bond acceptors (Lipinski definition) is 3. The Labute approximate surface area is 112 Å². The van der Waals surface area contributed by atoms with Gasteiger partial charge in [0.15, 0.2) is 0 Å². The molecule has 1 aliphatic rings. The summed E-state index contributed by atoms with van der Waals surface area (Å²) in [6, 6.07) is 2.65. The third kappa shape index (κ3) is 2.64. The lowest BCUT2D eigenvalue weighted by Crippen LogP contribution is -2.23. The molecule has 1 unspecified atom stereocenters. The van der Waals surface area contributed by atoms with Gasteiger partial charge in [0.2, 0.25) is 0 Å². The lowest BCUT2D eigenvalue weighted by atomic mass is 9.95. The van der Waals surface area contributed by atoms with Crippen LogP contribution in [0.25, 0.3) is 0 Å². The molecule has 4 nitrogen and oxygen atoms in total. The summed E-state index contributed by atoms with van der Waals surface area (Å²) in [4.78, 5) is 13.2. The maximum Gasteiger partial charge on any atom is 0.250 e. The summed E-state index contributed by atoms with van der Waals surface area (Å²) in [5, 5.41) is 0. The van der Waals surface area contributed by atoms with Crippen LogP contribution in [0.2, 0.25) is 0 Å². The normalized spacial score (nSPS) is 19.2. The second-order valence-electron chi connectivity index (χ2n) is 5.49. The Morgan fingerprint density at radius 1 is 1.47 bits per heavy atom. The van der Waals surface area contributed by atoms with Gasteiger partial charge in [-0.1, -0.05) is 13.8 Å². The van der Waals surface area contributed by atoms with Crippen LogP contribution in [0.3, 0.4) is 0 Å². The number of nitrogen functional groups attached to an aromatic ring is 1. The Bertz CT molecular complexity index is 502. The number of primary amides is 1. The zero-order valence-corrected chi connectivity index (χ0v) is 11.3. The monoisotopic (exact) mass is 265 g/mol. The molecule has 0 aromatic heterocycles. The molecule has 0 bridgehead atoms. The molecule has 19 heavy (non-hydrogen) atoms. The minimum Gasteiger partial charge on any atom is -0.398 e. The first-order valence-electron chi connectivity index (χ1n) is 6.54. The molecule has 5 heteroatoms. The van der Waals surface area contributed by atoms with E-state index in [0.717, 1.165) is 19.5 Å². The molecule has 1 aromatic rings. The molecule has 104 valence electrons. The molecule has 1 atom stereocenters. The van der Waals surface area contributed by atoms with Gasteiger partial charge in [0.25, 0.3) is 5.91 Å². The Balaban J connectivity index is 2.30. The van der Waals surface area contributed by atoms with Crippen LogP contribution in [0.1, 0.15) is 30.6 Å². The fourth-order valence-corrected chi connectivity index (χ4v) is 2.58. The quantitative estimate of drug-likeness (QED) is 0.821. The number of hydrogen-bond donors (Lipinski definition) is 2. The fraction of sp³-hybridized carbons (Fsp3) is 0.500. The number of rotatable bonds is 3. The van der Waals surface area contributed by atoms with Crippen molar-refractivity contribution < 1.29 is 9.18 Å². The number of benzene rings is 1. The smallest absolute Gasteiger partial charge is 0.250 e. The van der Waals surface area contributed by atoms with E-state index < -0.39 is 11.7 Å². The average molecular weight is 265 g/mol. The van der Waals surface area contributed by atoms with Gasteiger partial charge in [-0.15, -0.1) is 0 Å². The number of carbonyl (C=O) groups is 1. The van der Waals surface area contributed by atoms with Gasteiger partial charge in [-0.05, 0) is 30.4 Å². The van der Waals surface area contributed by atoms with Crippen LogP contribution >= 0.6 is 0 Å². The van der Waals surface area contributed by atoms with Crippen LogP contribution < -0.4 is 16.4 Å². The first-order chi connectivity index (χ1) is 8.90. The number of carbonyl (C=O) groups excluding carboxylic acids is 1. The number of nitrogens with two attached hydrogens (primary N) is 2. The minimum absolute atomic E-state index is 0.0911. The molecule has 2 rings (SSSR count). The van der Waals surface area contributed by atoms with Gasteiger partial charge in [-0.3, -0.25) is 4.79 Å². The van der Waals surface area contributed by atoms with Crippen molar-refractivity contribution in [1.82, 2.24) is 0 Å². The molecule has 1 amide bonds. The van der Waals surface area contributed by atoms with Gasteiger partial charge in [0.05, 0.1) is 11.3 Å². The van der Waals surface area contributed by atoms with E-state index in [9.17, 15) is 9.18 Å². The predicted molar refractivity (Wildman–Crippen MR) is 74.5 cm³/mol. The van der Waals surface area contributed by atoms with E-state index in [0.29, 0.717) is 17.5 Å². The molecule has 4 N–H and O–H groups in total. The molecule has 0 radical (unpaired) electrons. The van der Waals surface area contributed by atoms with Crippen molar-refractivity contribution in [3.8, 4) is 0 Å². The number of nitrogens with zero attached hydrogens (tertiary/aromatic N) is 1. The fourth-order valence-electron chi connectivity index (χ4n) is 2.58. The van der Waals surface area contributed by atoms with Crippen LogP contribution in [0.15, 0.2) is 12.1 Å². The van der Waals surface area contributed by atoms with E-state index in [1.807, 2.05) is 4.90 Å². The van der Waals surface area contributed by atoms with E-state index in [1.165, 1.54) is 12.1 Å². The third-order valence-electron chi connectivity index (χ3n) is 3.89. The summed E-state index contributed by atoms with van der Waals surface area (Å²) in [5.74, 6) is 0.0942. The topological polar surface area (TPSA) is 72.3 Å². The lowest BCUT2D eigenvalue weighted by molar-refractivity contribution is 0.100. The Hall–Kier alpha value is -1.78. The third-order valence-corrected chi connectivity index (χ3v) is 3.89. The Morgan fingerprint density at radius 2 is 2.16 bits per heavy atom. The van der Waals surface area contributed by atoms with Gasteiger partial charge >= 0.3 is 0 Å². The summed E-state index contributed by atoms with van der Waals surface area (Å²) in [6.07, 6.45) is 1.04. The summed E-state index contributed by atoms with van der Waals surface area (Å²) in [5.41, 5.74) is 11.6. The van der Waals surface area contributed by atoms with Crippen molar-refractivity contribution >= 4 is 17.3 Å². The average Bonchev–Trinajstić information content (AvgIpc) is 2.77. The van der Waals surface area contributed by atoms with Crippen molar-refractivity contribution in [2.75, 3.05) is 23.7 Å². The van der Waals surface area contributed by atoms with Gasteiger partial charge in [-0.2, -0.15) is 0 Å². The van der Waals surface area contributed by atoms with Crippen molar-refractivity contribution in [2.45, 2.75) is 20.3 Å². The molecule has 1 aliphatic heterocycles. The minimum atomic E-state index is -0.627. The first-order valence-corrected chi connectivity index (χ1v) is 6.54. The van der Waals surface area contributed by atoms with E-state index in [-0.39, 0.29) is 11.3 Å². The predicted octanol–water partition coefficient (Wildman–Crippen LogP) is 1.99. The maximum absolute atomic E-state index is 14.0. The second kappa shape index (κ2) is 5.07. The zero-order valence-electron chi connectivity index (χ0n) is 11.3. The van der Waals surface area contributed by atoms with Crippen LogP contribution in [-0.4, -0.2) is 19.0 Å². The van der Waals surface area contributed by atoms with Gasteiger partial charge in [0.1, 0.15) is 5.82 Å². The zero-order chi connectivity index (χ0) is 14.2.